The summed E-state index contributed by atoms with van der Waals surface area (Å²) < 4.78 is 20.5. The van der Waals surface area contributed by atoms with E-state index < -0.39 is 35.3 Å². The van der Waals surface area contributed by atoms with Gasteiger partial charge >= 0.3 is 0 Å². The van der Waals surface area contributed by atoms with Gasteiger partial charge in [0.15, 0.2) is 29.0 Å². The summed E-state index contributed by atoms with van der Waals surface area (Å²) in [5.74, 6) is -2.91. The first-order valence-corrected chi connectivity index (χ1v) is 12.2. The van der Waals surface area contributed by atoms with E-state index in [4.69, 9.17) is 10.2 Å². The zero-order chi connectivity index (χ0) is 26.8. The number of carbonyl (C=O) groups is 3. The van der Waals surface area contributed by atoms with E-state index in [1.165, 1.54) is 17.0 Å². The highest BCUT2D eigenvalue weighted by atomic mass is 19.1. The molecule has 38 heavy (non-hydrogen) atoms. The predicted molar refractivity (Wildman–Crippen MR) is 130 cm³/mol. The van der Waals surface area contributed by atoms with Crippen LogP contribution in [-0.2, 0) is 21.7 Å². The summed E-state index contributed by atoms with van der Waals surface area (Å²) in [5.41, 5.74) is 4.72. The molecule has 3 aromatic rings. The number of aliphatic hydroxyl groups excluding tert-OH is 1. The maximum atomic E-state index is 14.5. The van der Waals surface area contributed by atoms with Crippen molar-refractivity contribution in [2.75, 3.05) is 24.5 Å². The number of hydrogen-bond donors (Lipinski definition) is 5. The van der Waals surface area contributed by atoms with Gasteiger partial charge in [0.2, 0.25) is 5.91 Å². The van der Waals surface area contributed by atoms with Gasteiger partial charge in [-0.2, -0.15) is 0 Å². The van der Waals surface area contributed by atoms with Crippen LogP contribution in [0.4, 0.5) is 10.2 Å². The minimum absolute atomic E-state index is 0.00319. The average Bonchev–Trinajstić information content (AvgIpc) is 3.55. The normalized spacial score (nSPS) is 25.2. The number of primary amides is 1. The van der Waals surface area contributed by atoms with Gasteiger partial charge in [-0.05, 0) is 36.6 Å². The number of amides is 3. The molecule has 13 heteroatoms. The van der Waals surface area contributed by atoms with E-state index in [0.29, 0.717) is 35.6 Å². The van der Waals surface area contributed by atoms with Crippen molar-refractivity contribution in [3.05, 3.63) is 53.0 Å². The molecule has 0 bridgehead atoms. The molecule has 0 saturated carbocycles. The second kappa shape index (κ2) is 8.67. The Kier molecular flexibility index (Phi) is 5.50. The number of anilines is 1. The van der Waals surface area contributed by atoms with Crippen LogP contribution in [0, 0.1) is 11.7 Å². The molecule has 3 aliphatic rings. The number of halogens is 1. The zero-order valence-corrected chi connectivity index (χ0v) is 20.1. The molecule has 6 N–H and O–H groups in total. The van der Waals surface area contributed by atoms with Crippen LogP contribution in [0.25, 0.3) is 11.1 Å². The van der Waals surface area contributed by atoms with Gasteiger partial charge < -0.3 is 35.5 Å². The fourth-order valence-corrected chi connectivity index (χ4v) is 5.50. The Morgan fingerprint density at radius 3 is 2.84 bits per heavy atom. The van der Waals surface area contributed by atoms with E-state index in [2.05, 4.69) is 15.6 Å². The van der Waals surface area contributed by atoms with Crippen molar-refractivity contribution in [2.24, 2.45) is 11.7 Å². The SMILES string of the molecule is NC(=O)C1CCCN(c2ccc3oc(C4(CN5Cc6ccc(O)c(F)c6C5=O)NC(O)NC4=O)cc3n2)C1. The Morgan fingerprint density at radius 2 is 2.11 bits per heavy atom. The number of carbonyl (C=O) groups excluding carboxylic acids is 3. The minimum Gasteiger partial charge on any atom is -0.505 e. The van der Waals surface area contributed by atoms with Gasteiger partial charge in [0.25, 0.3) is 11.8 Å². The molecule has 0 spiro atoms. The van der Waals surface area contributed by atoms with Crippen LogP contribution >= 0.6 is 0 Å². The molecule has 3 aliphatic heterocycles. The number of aliphatic hydroxyl groups is 1. The van der Waals surface area contributed by atoms with Crippen LogP contribution in [0.3, 0.4) is 0 Å². The molecule has 0 aliphatic carbocycles. The Hall–Kier alpha value is -4.23. The van der Waals surface area contributed by atoms with E-state index in [9.17, 15) is 29.0 Å². The molecule has 2 saturated heterocycles. The molecular formula is C25H25FN6O6. The van der Waals surface area contributed by atoms with Crippen LogP contribution in [0.1, 0.15) is 34.5 Å². The Bertz CT molecular complexity index is 1490. The number of pyridine rings is 1. The molecule has 3 atom stereocenters. The summed E-state index contributed by atoms with van der Waals surface area (Å²) in [6.07, 6.45) is 0.0943. The highest BCUT2D eigenvalue weighted by molar-refractivity contribution is 6.00. The second-order valence-electron chi connectivity index (χ2n) is 9.87. The third-order valence-electron chi connectivity index (χ3n) is 7.46. The molecule has 5 heterocycles. The average molecular weight is 525 g/mol. The zero-order valence-electron chi connectivity index (χ0n) is 20.1. The van der Waals surface area contributed by atoms with Crippen molar-refractivity contribution < 1.29 is 33.4 Å². The Balaban J connectivity index is 1.34. The summed E-state index contributed by atoms with van der Waals surface area (Å²) in [6, 6.07) is 7.62. The number of phenolic OH excluding ortho intramolecular Hbond substituents is 1. The van der Waals surface area contributed by atoms with E-state index >= 15 is 0 Å². The molecule has 2 aromatic heterocycles. The Labute approximate surface area is 215 Å². The van der Waals surface area contributed by atoms with Crippen LogP contribution in [0.2, 0.25) is 0 Å². The highest BCUT2D eigenvalue weighted by Gasteiger charge is 2.53. The summed E-state index contributed by atoms with van der Waals surface area (Å²) in [6.45, 7) is 0.860. The van der Waals surface area contributed by atoms with E-state index in [1.54, 1.807) is 18.2 Å². The summed E-state index contributed by atoms with van der Waals surface area (Å²) in [7, 11) is 0. The number of nitrogens with two attached hydrogens (primary N) is 1. The quantitative estimate of drug-likeness (QED) is 0.313. The topological polar surface area (TPSA) is 174 Å². The number of nitrogens with zero attached hydrogens (tertiary/aromatic N) is 3. The third kappa shape index (κ3) is 3.73. The number of rotatable bonds is 5. The standard InChI is InChI=1S/C25H25FN6O6/c26-20-15(33)4-3-12-9-32(22(35)19(12)20)11-25(23(36)29-24(37)30-25)17-8-14-16(38-17)5-6-18(28-14)31-7-1-2-13(10-31)21(27)34/h3-6,8,13,24,30,33,37H,1-2,7,9-11H2,(H2,27,34)(H,29,36). The lowest BCUT2D eigenvalue weighted by molar-refractivity contribution is -0.126. The van der Waals surface area contributed by atoms with Gasteiger partial charge in [0, 0.05) is 25.7 Å². The second-order valence-corrected chi connectivity index (χ2v) is 9.87. The van der Waals surface area contributed by atoms with Gasteiger partial charge in [0.1, 0.15) is 17.1 Å². The van der Waals surface area contributed by atoms with Crippen LogP contribution < -0.4 is 21.3 Å². The van der Waals surface area contributed by atoms with E-state index in [1.807, 2.05) is 4.90 Å². The summed E-state index contributed by atoms with van der Waals surface area (Å²) >= 11 is 0. The van der Waals surface area contributed by atoms with E-state index in [-0.39, 0.29) is 36.2 Å². The van der Waals surface area contributed by atoms with Crippen molar-refractivity contribution in [3.63, 3.8) is 0 Å². The number of aromatic hydroxyl groups is 1. The third-order valence-corrected chi connectivity index (χ3v) is 7.46. The fourth-order valence-electron chi connectivity index (χ4n) is 5.50. The van der Waals surface area contributed by atoms with Crippen LogP contribution in [-0.4, -0.2) is 63.8 Å². The van der Waals surface area contributed by atoms with Crippen molar-refractivity contribution >= 4 is 34.6 Å². The lowest BCUT2D eigenvalue weighted by atomic mass is 9.95. The molecular weight excluding hydrogens is 499 g/mol. The van der Waals surface area contributed by atoms with Gasteiger partial charge in [-0.25, -0.2) is 9.37 Å². The molecule has 12 nitrogen and oxygen atoms in total. The van der Waals surface area contributed by atoms with Gasteiger partial charge in [-0.1, -0.05) is 6.07 Å². The van der Waals surface area contributed by atoms with Gasteiger partial charge in [-0.15, -0.1) is 0 Å². The summed E-state index contributed by atoms with van der Waals surface area (Å²) in [4.78, 5) is 45.8. The van der Waals surface area contributed by atoms with E-state index in [0.717, 1.165) is 12.8 Å². The largest absolute Gasteiger partial charge is 0.505 e. The van der Waals surface area contributed by atoms with Crippen molar-refractivity contribution in [1.82, 2.24) is 20.5 Å². The smallest absolute Gasteiger partial charge is 0.257 e. The van der Waals surface area contributed by atoms with Crippen molar-refractivity contribution in [1.29, 1.82) is 0 Å². The highest BCUT2D eigenvalue weighted by Crippen LogP contribution is 2.36. The number of benzene rings is 1. The van der Waals surface area contributed by atoms with Crippen molar-refractivity contribution in [3.8, 4) is 5.75 Å². The summed E-state index contributed by atoms with van der Waals surface area (Å²) in [5, 5.41) is 25.1. The number of phenols is 1. The molecule has 2 fully saturated rings. The predicted octanol–water partition coefficient (Wildman–Crippen LogP) is 0.221. The maximum Gasteiger partial charge on any atom is 0.257 e. The monoisotopic (exact) mass is 524 g/mol. The Morgan fingerprint density at radius 1 is 1.29 bits per heavy atom. The number of furan rings is 1. The first kappa shape index (κ1) is 24.1. The lowest BCUT2D eigenvalue weighted by Crippen LogP contribution is -2.53. The number of fused-ring (bicyclic) bond motifs is 2. The number of piperidine rings is 1. The van der Waals surface area contributed by atoms with Crippen molar-refractivity contribution in [2.45, 2.75) is 31.3 Å². The van der Waals surface area contributed by atoms with Gasteiger partial charge in [-0.3, -0.25) is 19.7 Å². The minimum atomic E-state index is -1.70. The molecule has 6 rings (SSSR count). The fraction of sp³-hybridized carbons (Fsp3) is 0.360. The number of nitrogens with one attached hydrogen (secondary N) is 2. The number of aromatic nitrogens is 1. The molecule has 0 radical (unpaired) electrons. The molecule has 3 unspecified atom stereocenters. The van der Waals surface area contributed by atoms with Crippen LogP contribution in [0.15, 0.2) is 34.7 Å². The lowest BCUT2D eigenvalue weighted by Gasteiger charge is -2.32. The number of hydrogen-bond acceptors (Lipinski definition) is 9. The first-order chi connectivity index (χ1) is 18.2. The molecule has 1 aromatic carbocycles. The van der Waals surface area contributed by atoms with Crippen LogP contribution in [0.5, 0.6) is 5.75 Å². The maximum absolute atomic E-state index is 14.5. The molecule has 198 valence electrons. The molecule has 3 amide bonds. The van der Waals surface area contributed by atoms with Gasteiger partial charge in [0.05, 0.1) is 18.0 Å². The first-order valence-electron chi connectivity index (χ1n) is 12.2.